The van der Waals surface area contributed by atoms with Crippen LogP contribution in [0.25, 0.3) is 0 Å². The molecular formula is C18H25N5O. The van der Waals surface area contributed by atoms with E-state index in [1.165, 1.54) is 5.56 Å². The molecule has 2 heterocycles. The van der Waals surface area contributed by atoms with Gasteiger partial charge in [-0.3, -0.25) is 4.79 Å². The first kappa shape index (κ1) is 16.6. The highest BCUT2D eigenvalue weighted by Crippen LogP contribution is 2.19. The van der Waals surface area contributed by atoms with E-state index in [0.29, 0.717) is 24.2 Å². The number of carbonyl (C=O) groups is 1. The third kappa shape index (κ3) is 4.00. The highest BCUT2D eigenvalue weighted by Gasteiger charge is 2.19. The van der Waals surface area contributed by atoms with Crippen LogP contribution in [-0.2, 0) is 0 Å². The highest BCUT2D eigenvalue weighted by molar-refractivity contribution is 5.91. The molecule has 1 fully saturated rings. The molecule has 1 aliphatic heterocycles. The molecule has 1 aromatic heterocycles. The number of hydrogen-bond acceptors (Lipinski definition) is 4. The van der Waals surface area contributed by atoms with Gasteiger partial charge in [-0.1, -0.05) is 42.5 Å². The molecule has 0 bridgehead atoms. The van der Waals surface area contributed by atoms with Crippen LogP contribution >= 0.6 is 0 Å². The molecule has 6 nitrogen and oxygen atoms in total. The normalized spacial score (nSPS) is 16.7. The van der Waals surface area contributed by atoms with Gasteiger partial charge >= 0.3 is 0 Å². The van der Waals surface area contributed by atoms with Crippen molar-refractivity contribution in [1.82, 2.24) is 25.6 Å². The van der Waals surface area contributed by atoms with E-state index < -0.39 is 0 Å². The minimum absolute atomic E-state index is 0.149. The number of piperidine rings is 1. The fraction of sp³-hybridized carbons (Fsp3) is 0.500. The summed E-state index contributed by atoms with van der Waals surface area (Å²) in [7, 11) is 0. The van der Waals surface area contributed by atoms with Crippen molar-refractivity contribution in [1.29, 1.82) is 0 Å². The van der Waals surface area contributed by atoms with Crippen molar-refractivity contribution >= 4 is 5.91 Å². The lowest BCUT2D eigenvalue weighted by molar-refractivity contribution is 0.0946. The van der Waals surface area contributed by atoms with Gasteiger partial charge in [0.05, 0.1) is 12.2 Å². The fourth-order valence-electron chi connectivity index (χ4n) is 3.16. The van der Waals surface area contributed by atoms with Crippen LogP contribution in [-0.4, -0.2) is 40.5 Å². The molecule has 1 saturated heterocycles. The maximum atomic E-state index is 12.4. The molecule has 2 N–H and O–H groups in total. The van der Waals surface area contributed by atoms with E-state index in [9.17, 15) is 4.79 Å². The zero-order chi connectivity index (χ0) is 16.8. The second-order valence-electron chi connectivity index (χ2n) is 6.29. The van der Waals surface area contributed by atoms with E-state index in [4.69, 9.17) is 0 Å². The maximum Gasteiger partial charge on any atom is 0.273 e. The number of nitrogens with zero attached hydrogens (tertiary/aromatic N) is 3. The van der Waals surface area contributed by atoms with E-state index in [-0.39, 0.29) is 5.91 Å². The van der Waals surface area contributed by atoms with Gasteiger partial charge < -0.3 is 10.6 Å². The number of nitrogens with one attached hydrogen (secondary N) is 2. The van der Waals surface area contributed by atoms with E-state index in [2.05, 4.69) is 40.0 Å². The van der Waals surface area contributed by atoms with Crippen LogP contribution in [0.5, 0.6) is 0 Å². The Kier molecular flexibility index (Phi) is 5.59. The van der Waals surface area contributed by atoms with Gasteiger partial charge in [-0.15, -0.1) is 5.10 Å². The van der Waals surface area contributed by atoms with Crippen molar-refractivity contribution in [2.75, 3.05) is 19.6 Å². The Morgan fingerprint density at radius 2 is 2.08 bits per heavy atom. The number of amides is 1. The summed E-state index contributed by atoms with van der Waals surface area (Å²) in [6.07, 6.45) is 4.80. The van der Waals surface area contributed by atoms with Crippen LogP contribution in [0, 0.1) is 0 Å². The lowest BCUT2D eigenvalue weighted by Crippen LogP contribution is -2.30. The third-order valence-corrected chi connectivity index (χ3v) is 4.70. The zero-order valence-corrected chi connectivity index (χ0v) is 14.1. The Balaban J connectivity index is 1.57. The minimum Gasteiger partial charge on any atom is -0.350 e. The predicted octanol–water partition coefficient (Wildman–Crippen LogP) is 2.13. The predicted molar refractivity (Wildman–Crippen MR) is 93.0 cm³/mol. The van der Waals surface area contributed by atoms with Crippen molar-refractivity contribution < 1.29 is 4.79 Å². The first-order valence-electron chi connectivity index (χ1n) is 8.73. The summed E-state index contributed by atoms with van der Waals surface area (Å²) in [5, 5.41) is 14.5. The van der Waals surface area contributed by atoms with Gasteiger partial charge in [0, 0.05) is 12.5 Å². The second-order valence-corrected chi connectivity index (χ2v) is 6.29. The molecule has 6 heteroatoms. The van der Waals surface area contributed by atoms with Gasteiger partial charge in [0.15, 0.2) is 5.69 Å². The van der Waals surface area contributed by atoms with Crippen molar-refractivity contribution in [2.45, 2.75) is 38.1 Å². The van der Waals surface area contributed by atoms with Gasteiger partial charge in [-0.25, -0.2) is 4.68 Å². The minimum atomic E-state index is -0.149. The van der Waals surface area contributed by atoms with Crippen LogP contribution in [0.3, 0.4) is 0 Å². The van der Waals surface area contributed by atoms with Crippen LogP contribution in [0.1, 0.15) is 54.2 Å². The molecule has 2 aromatic rings. The lowest BCUT2D eigenvalue weighted by Gasteiger charge is -2.22. The summed E-state index contributed by atoms with van der Waals surface area (Å²) < 4.78 is 1.84. The Morgan fingerprint density at radius 3 is 2.79 bits per heavy atom. The largest absolute Gasteiger partial charge is 0.350 e. The van der Waals surface area contributed by atoms with Crippen molar-refractivity contribution in [3.8, 4) is 0 Å². The zero-order valence-electron chi connectivity index (χ0n) is 14.1. The summed E-state index contributed by atoms with van der Waals surface area (Å²) >= 11 is 0. The Hall–Kier alpha value is -2.21. The Labute approximate surface area is 142 Å². The van der Waals surface area contributed by atoms with Crippen LogP contribution in [0.4, 0.5) is 0 Å². The van der Waals surface area contributed by atoms with Gasteiger partial charge in [0.25, 0.3) is 5.91 Å². The highest BCUT2D eigenvalue weighted by atomic mass is 16.2. The first-order chi connectivity index (χ1) is 11.8. The molecule has 0 spiro atoms. The summed E-state index contributed by atoms with van der Waals surface area (Å²) in [5.74, 6) is 0.166. The summed E-state index contributed by atoms with van der Waals surface area (Å²) in [5.41, 5.74) is 1.65. The Morgan fingerprint density at radius 1 is 1.33 bits per heavy atom. The van der Waals surface area contributed by atoms with Gasteiger partial charge in [-0.2, -0.15) is 0 Å². The van der Waals surface area contributed by atoms with Crippen LogP contribution < -0.4 is 10.6 Å². The summed E-state index contributed by atoms with van der Waals surface area (Å²) in [6.45, 7) is 4.72. The molecule has 1 amide bonds. The summed E-state index contributed by atoms with van der Waals surface area (Å²) in [6, 6.07) is 10.6. The van der Waals surface area contributed by atoms with E-state index in [1.807, 2.05) is 22.9 Å². The smallest absolute Gasteiger partial charge is 0.273 e. The van der Waals surface area contributed by atoms with Gasteiger partial charge in [-0.05, 0) is 37.9 Å². The van der Waals surface area contributed by atoms with Gasteiger partial charge in [0.2, 0.25) is 0 Å². The fourth-order valence-corrected chi connectivity index (χ4v) is 3.16. The molecule has 1 aliphatic rings. The van der Waals surface area contributed by atoms with Crippen LogP contribution in [0.15, 0.2) is 36.5 Å². The van der Waals surface area contributed by atoms with Crippen molar-refractivity contribution in [3.05, 3.63) is 47.8 Å². The molecule has 128 valence electrons. The molecule has 24 heavy (non-hydrogen) atoms. The molecule has 0 aliphatic carbocycles. The molecule has 1 aromatic carbocycles. The molecule has 0 saturated carbocycles. The Bertz CT molecular complexity index is 648. The quantitative estimate of drug-likeness (QED) is 0.852. The van der Waals surface area contributed by atoms with Gasteiger partial charge in [0.1, 0.15) is 0 Å². The molecule has 0 radical (unpaired) electrons. The molecular weight excluding hydrogens is 302 g/mol. The van der Waals surface area contributed by atoms with E-state index in [1.54, 1.807) is 6.20 Å². The van der Waals surface area contributed by atoms with E-state index >= 15 is 0 Å². The third-order valence-electron chi connectivity index (χ3n) is 4.70. The number of rotatable bonds is 6. The maximum absolute atomic E-state index is 12.4. The standard InChI is InChI=1S/C18H25N5O/c1-2-14(15-6-4-3-5-7-15)12-20-18(24)17-13-23(22-21-17)16-8-10-19-11-9-16/h3-7,13-14,16,19H,2,8-12H2,1H3,(H,20,24)/t14-/m0/s1. The number of carbonyl (C=O) groups excluding carboxylic acids is 1. The molecule has 1 atom stereocenters. The topological polar surface area (TPSA) is 71.8 Å². The van der Waals surface area contributed by atoms with Crippen molar-refractivity contribution in [3.63, 3.8) is 0 Å². The molecule has 3 rings (SSSR count). The summed E-state index contributed by atoms with van der Waals surface area (Å²) in [4.78, 5) is 12.4. The lowest BCUT2D eigenvalue weighted by atomic mass is 9.96. The van der Waals surface area contributed by atoms with E-state index in [0.717, 1.165) is 32.4 Å². The first-order valence-corrected chi connectivity index (χ1v) is 8.73. The van der Waals surface area contributed by atoms with Crippen molar-refractivity contribution in [2.24, 2.45) is 0 Å². The van der Waals surface area contributed by atoms with Crippen LogP contribution in [0.2, 0.25) is 0 Å². The molecule has 0 unspecified atom stereocenters. The SMILES string of the molecule is CC[C@@H](CNC(=O)c1cn(C2CCNCC2)nn1)c1ccccc1. The number of hydrogen-bond donors (Lipinski definition) is 2. The number of aromatic nitrogens is 3. The second kappa shape index (κ2) is 8.06. The monoisotopic (exact) mass is 327 g/mol. The average Bonchev–Trinajstić information content (AvgIpc) is 3.14. The average molecular weight is 327 g/mol. The number of benzene rings is 1.